The number of nitrogens with one attached hydrogen (secondary N) is 1. The third-order valence-corrected chi connectivity index (χ3v) is 4.04. The van der Waals surface area contributed by atoms with Crippen molar-refractivity contribution in [3.63, 3.8) is 0 Å². The Hall–Kier alpha value is -1.91. The molecule has 0 spiro atoms. The van der Waals surface area contributed by atoms with Crippen LogP contribution >= 0.6 is 0 Å². The lowest BCUT2D eigenvalue weighted by Gasteiger charge is -2.19. The van der Waals surface area contributed by atoms with Crippen molar-refractivity contribution in [2.75, 3.05) is 5.32 Å². The summed E-state index contributed by atoms with van der Waals surface area (Å²) >= 11 is 0. The van der Waals surface area contributed by atoms with Gasteiger partial charge in [-0.1, -0.05) is 19.8 Å². The smallest absolute Gasteiger partial charge is 0.178 e. The first-order chi connectivity index (χ1) is 9.83. The van der Waals surface area contributed by atoms with Crippen LogP contribution in [0.3, 0.4) is 0 Å². The second-order valence-electron chi connectivity index (χ2n) is 5.67. The molecule has 2 heterocycles. The molecule has 2 aromatic heterocycles. The molecule has 2 atom stereocenters. The molecular formula is C15H21N5. The fourth-order valence-electron chi connectivity index (χ4n) is 2.86. The lowest BCUT2D eigenvalue weighted by atomic mass is 10.0. The molecule has 0 saturated heterocycles. The van der Waals surface area contributed by atoms with Gasteiger partial charge in [0.2, 0.25) is 0 Å². The van der Waals surface area contributed by atoms with E-state index in [-0.39, 0.29) is 0 Å². The van der Waals surface area contributed by atoms with Gasteiger partial charge in [0.15, 0.2) is 5.82 Å². The van der Waals surface area contributed by atoms with E-state index in [0.29, 0.717) is 6.04 Å². The molecule has 20 heavy (non-hydrogen) atoms. The molecule has 0 aromatic carbocycles. The molecule has 2 unspecified atom stereocenters. The van der Waals surface area contributed by atoms with Gasteiger partial charge >= 0.3 is 0 Å². The molecule has 1 saturated carbocycles. The molecule has 0 amide bonds. The standard InChI is InChI=1S/C15H21N5/c1-12-4-2-5-13(8-7-12)19-14-6-3-9-17-15(14)20-11-16-10-18-20/h3,6,9-13,19H,2,4-5,7-8H2,1H3. The number of pyridine rings is 1. The van der Waals surface area contributed by atoms with Gasteiger partial charge in [0, 0.05) is 12.2 Å². The van der Waals surface area contributed by atoms with Gasteiger partial charge in [0.1, 0.15) is 12.7 Å². The highest BCUT2D eigenvalue weighted by Crippen LogP contribution is 2.26. The van der Waals surface area contributed by atoms with E-state index in [1.54, 1.807) is 17.2 Å². The quantitative estimate of drug-likeness (QED) is 0.872. The van der Waals surface area contributed by atoms with Crippen molar-refractivity contribution in [2.45, 2.75) is 45.1 Å². The van der Waals surface area contributed by atoms with Gasteiger partial charge in [0.25, 0.3) is 0 Å². The summed E-state index contributed by atoms with van der Waals surface area (Å²) in [6.07, 6.45) is 11.4. The molecule has 1 aliphatic rings. The van der Waals surface area contributed by atoms with Gasteiger partial charge in [-0.25, -0.2) is 14.6 Å². The van der Waals surface area contributed by atoms with Crippen molar-refractivity contribution in [3.05, 3.63) is 31.0 Å². The minimum Gasteiger partial charge on any atom is -0.379 e. The van der Waals surface area contributed by atoms with E-state index in [4.69, 9.17) is 0 Å². The van der Waals surface area contributed by atoms with Gasteiger partial charge in [-0.3, -0.25) is 0 Å². The summed E-state index contributed by atoms with van der Waals surface area (Å²) in [6, 6.07) is 4.56. The lowest BCUT2D eigenvalue weighted by Crippen LogP contribution is -2.20. The highest BCUT2D eigenvalue weighted by Gasteiger charge is 2.17. The van der Waals surface area contributed by atoms with Crippen molar-refractivity contribution in [1.29, 1.82) is 0 Å². The summed E-state index contributed by atoms with van der Waals surface area (Å²) in [7, 11) is 0. The van der Waals surface area contributed by atoms with Crippen LogP contribution in [0.4, 0.5) is 5.69 Å². The lowest BCUT2D eigenvalue weighted by molar-refractivity contribution is 0.502. The number of hydrogen-bond acceptors (Lipinski definition) is 4. The molecule has 5 heteroatoms. The van der Waals surface area contributed by atoms with Crippen LogP contribution in [0.5, 0.6) is 0 Å². The van der Waals surface area contributed by atoms with E-state index < -0.39 is 0 Å². The fourth-order valence-corrected chi connectivity index (χ4v) is 2.86. The third kappa shape index (κ3) is 2.98. The second-order valence-corrected chi connectivity index (χ2v) is 5.67. The summed E-state index contributed by atoms with van der Waals surface area (Å²) in [5, 5.41) is 7.82. The first-order valence-corrected chi connectivity index (χ1v) is 7.39. The molecule has 0 bridgehead atoms. The SMILES string of the molecule is CC1CCCC(Nc2cccnc2-n2cncn2)CC1. The Balaban J connectivity index is 1.77. The van der Waals surface area contributed by atoms with Crippen molar-refractivity contribution in [2.24, 2.45) is 5.92 Å². The van der Waals surface area contributed by atoms with Crippen LogP contribution in [0.1, 0.15) is 39.0 Å². The Kier molecular flexibility index (Phi) is 3.95. The van der Waals surface area contributed by atoms with E-state index in [0.717, 1.165) is 17.4 Å². The fraction of sp³-hybridized carbons (Fsp3) is 0.533. The molecule has 0 aliphatic heterocycles. The van der Waals surface area contributed by atoms with Crippen LogP contribution in [0.15, 0.2) is 31.0 Å². The van der Waals surface area contributed by atoms with Gasteiger partial charge in [-0.15, -0.1) is 0 Å². The van der Waals surface area contributed by atoms with E-state index >= 15 is 0 Å². The normalized spacial score (nSPS) is 23.2. The summed E-state index contributed by atoms with van der Waals surface area (Å²) in [5.74, 6) is 1.67. The van der Waals surface area contributed by atoms with Crippen LogP contribution in [-0.4, -0.2) is 25.8 Å². The summed E-state index contributed by atoms with van der Waals surface area (Å²) in [4.78, 5) is 8.42. The Morgan fingerprint density at radius 2 is 2.20 bits per heavy atom. The van der Waals surface area contributed by atoms with Crippen LogP contribution in [-0.2, 0) is 0 Å². The van der Waals surface area contributed by atoms with E-state index in [1.807, 2.05) is 6.07 Å². The summed E-state index contributed by atoms with van der Waals surface area (Å²) in [5.41, 5.74) is 1.04. The van der Waals surface area contributed by atoms with Crippen LogP contribution < -0.4 is 5.32 Å². The monoisotopic (exact) mass is 271 g/mol. The van der Waals surface area contributed by atoms with Gasteiger partial charge in [-0.05, 0) is 37.3 Å². The maximum atomic E-state index is 4.42. The molecule has 1 fully saturated rings. The first-order valence-electron chi connectivity index (χ1n) is 7.39. The summed E-state index contributed by atoms with van der Waals surface area (Å²) in [6.45, 7) is 2.35. The Labute approximate surface area is 119 Å². The van der Waals surface area contributed by atoms with Gasteiger partial charge in [0.05, 0.1) is 5.69 Å². The molecule has 0 radical (unpaired) electrons. The Morgan fingerprint density at radius 3 is 3.05 bits per heavy atom. The average molecular weight is 271 g/mol. The zero-order valence-corrected chi connectivity index (χ0v) is 11.9. The predicted octanol–water partition coefficient (Wildman–Crippen LogP) is 3.04. The molecule has 1 N–H and O–H groups in total. The molecule has 3 rings (SSSR count). The van der Waals surface area contributed by atoms with Crippen LogP contribution in [0, 0.1) is 5.92 Å². The van der Waals surface area contributed by atoms with Crippen molar-refractivity contribution >= 4 is 5.69 Å². The van der Waals surface area contributed by atoms with Gasteiger partial charge in [-0.2, -0.15) is 5.10 Å². The predicted molar refractivity (Wildman–Crippen MR) is 78.8 cm³/mol. The first kappa shape index (κ1) is 13.1. The van der Waals surface area contributed by atoms with Crippen molar-refractivity contribution in [1.82, 2.24) is 19.7 Å². The number of rotatable bonds is 3. The van der Waals surface area contributed by atoms with E-state index in [2.05, 4.69) is 33.4 Å². The third-order valence-electron chi connectivity index (χ3n) is 4.04. The van der Waals surface area contributed by atoms with Crippen molar-refractivity contribution in [3.8, 4) is 5.82 Å². The summed E-state index contributed by atoms with van der Waals surface area (Å²) < 4.78 is 1.71. The van der Waals surface area contributed by atoms with Gasteiger partial charge < -0.3 is 5.32 Å². The highest BCUT2D eigenvalue weighted by molar-refractivity contribution is 5.56. The largest absolute Gasteiger partial charge is 0.379 e. The maximum Gasteiger partial charge on any atom is 0.178 e. The Bertz CT molecular complexity index is 537. The molecule has 106 valence electrons. The average Bonchev–Trinajstić information content (AvgIpc) is 2.91. The Morgan fingerprint density at radius 1 is 1.25 bits per heavy atom. The number of aromatic nitrogens is 4. The van der Waals surface area contributed by atoms with E-state index in [1.165, 1.54) is 38.4 Å². The minimum absolute atomic E-state index is 0.534. The molecular weight excluding hydrogens is 250 g/mol. The van der Waals surface area contributed by atoms with E-state index in [9.17, 15) is 0 Å². The zero-order chi connectivity index (χ0) is 13.8. The van der Waals surface area contributed by atoms with Crippen LogP contribution in [0.25, 0.3) is 5.82 Å². The number of nitrogens with zero attached hydrogens (tertiary/aromatic N) is 4. The van der Waals surface area contributed by atoms with Crippen molar-refractivity contribution < 1.29 is 0 Å². The van der Waals surface area contributed by atoms with Crippen LogP contribution in [0.2, 0.25) is 0 Å². The zero-order valence-electron chi connectivity index (χ0n) is 11.9. The molecule has 5 nitrogen and oxygen atoms in total. The maximum absolute atomic E-state index is 4.42. The number of hydrogen-bond donors (Lipinski definition) is 1. The highest BCUT2D eigenvalue weighted by atomic mass is 15.3. The molecule has 1 aliphatic carbocycles. The second kappa shape index (κ2) is 6.03. The topological polar surface area (TPSA) is 55.6 Å². The molecule has 2 aromatic rings. The number of anilines is 1. The minimum atomic E-state index is 0.534.